The van der Waals surface area contributed by atoms with E-state index in [2.05, 4.69) is 27.7 Å². The average Bonchev–Trinajstić information content (AvgIpc) is 1.63. The van der Waals surface area contributed by atoms with Gasteiger partial charge in [-0.3, -0.25) is 0 Å². The molecule has 0 atom stereocenters. The summed E-state index contributed by atoms with van der Waals surface area (Å²) in [5.41, 5.74) is 0. The largest absolute Gasteiger partial charge is 1.00 e. The van der Waals surface area contributed by atoms with Crippen LogP contribution in [-0.4, -0.2) is 15.2 Å². The predicted octanol–water partition coefficient (Wildman–Crippen LogP) is -0.157. The summed E-state index contributed by atoms with van der Waals surface area (Å²) < 4.78 is 0. The van der Waals surface area contributed by atoms with Crippen molar-refractivity contribution in [1.82, 2.24) is 0 Å². The molecular weight excluding hydrogens is 130 g/mol. The SMILES string of the molecule is CC(C)[CH2][Al+][CH2]C(C)C.[Li+]. The summed E-state index contributed by atoms with van der Waals surface area (Å²) in [6.45, 7) is 9.25. The Labute approximate surface area is 84.0 Å². The third kappa shape index (κ3) is 11.9. The third-order valence-electron chi connectivity index (χ3n) is 1.28. The zero-order chi connectivity index (χ0) is 7.28. The van der Waals surface area contributed by atoms with Crippen molar-refractivity contribution in [1.29, 1.82) is 0 Å². The molecule has 0 saturated heterocycles. The maximum Gasteiger partial charge on any atom is 1.00 e. The summed E-state index contributed by atoms with van der Waals surface area (Å²) in [6, 6.07) is 0. The van der Waals surface area contributed by atoms with E-state index >= 15 is 0 Å². The van der Waals surface area contributed by atoms with Gasteiger partial charge in [-0.05, 0) is 0 Å². The van der Waals surface area contributed by atoms with Crippen LogP contribution in [0.25, 0.3) is 0 Å². The summed E-state index contributed by atoms with van der Waals surface area (Å²) >= 11 is 0.755. The first kappa shape index (κ1) is 13.7. The Morgan fingerprint density at radius 1 is 0.900 bits per heavy atom. The summed E-state index contributed by atoms with van der Waals surface area (Å²) in [6.07, 6.45) is 0. The zero-order valence-corrected chi connectivity index (χ0v) is 9.30. The van der Waals surface area contributed by atoms with Gasteiger partial charge in [0.15, 0.2) is 0 Å². The fourth-order valence-electron chi connectivity index (χ4n) is 0.763. The van der Waals surface area contributed by atoms with Crippen molar-refractivity contribution in [2.24, 2.45) is 11.8 Å². The van der Waals surface area contributed by atoms with Gasteiger partial charge in [0.2, 0.25) is 0 Å². The molecule has 0 N–H and O–H groups in total. The molecule has 0 saturated carbocycles. The molecular formula is C8H18AlLi+2. The van der Waals surface area contributed by atoms with Crippen LogP contribution < -0.4 is 18.9 Å². The second kappa shape index (κ2) is 8.23. The molecule has 0 aromatic carbocycles. The second-order valence-electron chi connectivity index (χ2n) is 3.55. The Morgan fingerprint density at radius 2 is 1.20 bits per heavy atom. The van der Waals surface area contributed by atoms with E-state index in [-0.39, 0.29) is 18.9 Å². The van der Waals surface area contributed by atoms with Crippen LogP contribution in [0.1, 0.15) is 27.7 Å². The van der Waals surface area contributed by atoms with Gasteiger partial charge in [0, 0.05) is 0 Å². The van der Waals surface area contributed by atoms with Crippen LogP contribution in [0.2, 0.25) is 10.6 Å². The molecule has 0 spiro atoms. The number of hydrogen-bond acceptors (Lipinski definition) is 0. The summed E-state index contributed by atoms with van der Waals surface area (Å²) in [5.74, 6) is 1.86. The van der Waals surface area contributed by atoms with E-state index in [1.54, 1.807) is 0 Å². The minimum absolute atomic E-state index is 0. The standard InChI is InChI=1S/2C4H9.Al.Li/c2*1-4(2)3;;/h2*4H,1H2,2-3H3;;/q;;2*+1. The first-order valence-corrected chi connectivity index (χ1v) is 5.58. The van der Waals surface area contributed by atoms with E-state index in [0.717, 1.165) is 27.1 Å². The van der Waals surface area contributed by atoms with Gasteiger partial charge in [-0.15, -0.1) is 0 Å². The van der Waals surface area contributed by atoms with Crippen molar-refractivity contribution in [2.45, 2.75) is 38.3 Å². The molecule has 0 heterocycles. The van der Waals surface area contributed by atoms with Crippen molar-refractivity contribution < 1.29 is 18.9 Å². The average molecular weight is 148 g/mol. The van der Waals surface area contributed by atoms with Gasteiger partial charge in [0.25, 0.3) is 0 Å². The van der Waals surface area contributed by atoms with Gasteiger partial charge in [0.05, 0.1) is 0 Å². The Morgan fingerprint density at radius 3 is 1.40 bits per heavy atom. The van der Waals surface area contributed by atoms with Crippen LogP contribution in [0.5, 0.6) is 0 Å². The van der Waals surface area contributed by atoms with E-state index in [1.165, 1.54) is 10.6 Å². The molecule has 0 radical (unpaired) electrons. The first-order valence-electron chi connectivity index (χ1n) is 3.94. The van der Waals surface area contributed by atoms with Crippen molar-refractivity contribution in [3.8, 4) is 0 Å². The van der Waals surface area contributed by atoms with Crippen molar-refractivity contribution in [3.05, 3.63) is 0 Å². The summed E-state index contributed by atoms with van der Waals surface area (Å²) in [7, 11) is 0. The van der Waals surface area contributed by atoms with Gasteiger partial charge < -0.3 is 0 Å². The van der Waals surface area contributed by atoms with Crippen molar-refractivity contribution in [2.75, 3.05) is 0 Å². The molecule has 0 aliphatic carbocycles. The monoisotopic (exact) mass is 148 g/mol. The van der Waals surface area contributed by atoms with Gasteiger partial charge in [-0.1, -0.05) is 0 Å². The molecule has 0 aliphatic rings. The molecule has 0 aromatic rings. The Balaban J connectivity index is 0. The molecule has 0 bridgehead atoms. The normalized spacial score (nSPS) is 9.40. The van der Waals surface area contributed by atoms with Crippen molar-refractivity contribution >= 4 is 15.2 Å². The van der Waals surface area contributed by atoms with E-state index in [0.29, 0.717) is 0 Å². The molecule has 0 amide bonds. The van der Waals surface area contributed by atoms with Crippen LogP contribution in [0.4, 0.5) is 0 Å². The quantitative estimate of drug-likeness (QED) is 0.486. The number of rotatable bonds is 4. The molecule has 10 heavy (non-hydrogen) atoms. The topological polar surface area (TPSA) is 0 Å². The summed E-state index contributed by atoms with van der Waals surface area (Å²) in [5, 5.41) is 2.97. The fourth-order valence-corrected chi connectivity index (χ4v) is 2.29. The molecule has 0 aromatic heterocycles. The van der Waals surface area contributed by atoms with Gasteiger partial charge >= 0.3 is 84.2 Å². The van der Waals surface area contributed by atoms with E-state index in [4.69, 9.17) is 0 Å². The first-order chi connectivity index (χ1) is 4.13. The van der Waals surface area contributed by atoms with Crippen LogP contribution in [-0.2, 0) is 0 Å². The Bertz CT molecular complexity index is 54.3. The van der Waals surface area contributed by atoms with Gasteiger partial charge in [-0.2, -0.15) is 0 Å². The summed E-state index contributed by atoms with van der Waals surface area (Å²) in [4.78, 5) is 0. The van der Waals surface area contributed by atoms with E-state index < -0.39 is 0 Å². The van der Waals surface area contributed by atoms with Crippen LogP contribution in [0, 0.1) is 11.8 Å². The second-order valence-corrected chi connectivity index (χ2v) is 5.07. The molecule has 52 valence electrons. The molecule has 0 fully saturated rings. The minimum atomic E-state index is 0. The predicted molar refractivity (Wildman–Crippen MR) is 45.0 cm³/mol. The van der Waals surface area contributed by atoms with E-state index in [9.17, 15) is 0 Å². The van der Waals surface area contributed by atoms with Crippen LogP contribution >= 0.6 is 0 Å². The maximum atomic E-state index is 2.31. The van der Waals surface area contributed by atoms with Crippen LogP contribution in [0.15, 0.2) is 0 Å². The zero-order valence-electron chi connectivity index (χ0n) is 8.15. The van der Waals surface area contributed by atoms with E-state index in [1.807, 2.05) is 0 Å². The Hall–Kier alpha value is 1.13. The minimum Gasteiger partial charge on any atom is 1.00 e. The number of hydrogen-bond donors (Lipinski definition) is 0. The molecule has 0 nitrogen and oxygen atoms in total. The maximum absolute atomic E-state index is 2.31. The fraction of sp³-hybridized carbons (Fsp3) is 1.00. The molecule has 0 aliphatic heterocycles. The Kier molecular flexibility index (Phi) is 11.3. The molecule has 2 heteroatoms. The third-order valence-corrected chi connectivity index (χ3v) is 3.83. The molecule has 0 unspecified atom stereocenters. The van der Waals surface area contributed by atoms with Gasteiger partial charge in [-0.25, -0.2) is 0 Å². The molecule has 0 rings (SSSR count). The van der Waals surface area contributed by atoms with Crippen LogP contribution in [0.3, 0.4) is 0 Å². The van der Waals surface area contributed by atoms with Gasteiger partial charge in [0.1, 0.15) is 0 Å². The van der Waals surface area contributed by atoms with Crippen molar-refractivity contribution in [3.63, 3.8) is 0 Å². The smallest absolute Gasteiger partial charge is 1.00 e.